The largest absolute Gasteiger partial charge is 0.0616 e. The lowest BCUT2D eigenvalue weighted by Crippen LogP contribution is -2.16. The van der Waals surface area contributed by atoms with Gasteiger partial charge < -0.3 is 0 Å². The van der Waals surface area contributed by atoms with Gasteiger partial charge in [0.15, 0.2) is 0 Å². The lowest BCUT2D eigenvalue weighted by atomic mass is 9.78. The summed E-state index contributed by atoms with van der Waals surface area (Å²) in [4.78, 5) is 0. The Morgan fingerprint density at radius 2 is 0.574 bits per heavy atom. The molecule has 0 N–H and O–H groups in total. The third-order valence-corrected chi connectivity index (χ3v) is 15.4. The number of benzene rings is 10. The Balaban J connectivity index is 0.990. The quantitative estimate of drug-likeness (QED) is 0.164. The first-order chi connectivity index (χ1) is 29.5. The van der Waals surface area contributed by atoms with Crippen LogP contribution in [0.4, 0.5) is 0 Å². The first kappa shape index (κ1) is 35.0. The fourth-order valence-corrected chi connectivity index (χ4v) is 12.1. The number of hydrogen-bond donors (Lipinski definition) is 0. The van der Waals surface area contributed by atoms with Gasteiger partial charge in [-0.1, -0.05) is 163 Å². The summed E-state index contributed by atoms with van der Waals surface area (Å²) in [6.07, 6.45) is 0. The van der Waals surface area contributed by atoms with Crippen molar-refractivity contribution in [2.24, 2.45) is 0 Å². The van der Waals surface area contributed by atoms with E-state index in [2.05, 4.69) is 211 Å². The van der Waals surface area contributed by atoms with Crippen LogP contribution in [0, 0.1) is 0 Å². The molecule has 0 aliphatic heterocycles. The van der Waals surface area contributed by atoms with Crippen LogP contribution in [0.1, 0.15) is 74.9 Å². The molecule has 0 nitrogen and oxygen atoms in total. The normalized spacial score (nSPS) is 15.8. The number of hydrogen-bond acceptors (Lipinski definition) is 0. The number of rotatable bonds is 2. The van der Waals surface area contributed by atoms with Crippen molar-refractivity contribution in [3.63, 3.8) is 0 Å². The molecule has 0 unspecified atom stereocenters. The summed E-state index contributed by atoms with van der Waals surface area (Å²) in [5.41, 5.74) is 21.5. The zero-order valence-corrected chi connectivity index (χ0v) is 35.7. The van der Waals surface area contributed by atoms with E-state index in [-0.39, 0.29) is 16.2 Å². The Labute approximate surface area is 358 Å². The third-order valence-electron chi connectivity index (χ3n) is 15.4. The standard InChI is InChI=1S/C61H46/c1-59(2)51-31-39(23-25-43(51)49-27-35-15-7-9-17-37(35)29-53(49)59)47-33-55-57(45-21-13-11-19-41(45)47)58-46-22-14-12-20-42(46)48(34-56(58)61(55,5)6)40-24-26-44-50-28-36-16-8-10-18-38(36)30-54(50)60(3,4)52(44)32-40/h7-34H,1-6H3. The molecule has 0 saturated carbocycles. The van der Waals surface area contributed by atoms with Gasteiger partial charge in [-0.2, -0.15) is 0 Å². The maximum Gasteiger partial charge on any atom is 0.0159 e. The van der Waals surface area contributed by atoms with Crippen LogP contribution in [0.2, 0.25) is 0 Å². The lowest BCUT2D eigenvalue weighted by Gasteiger charge is -2.25. The molecule has 3 aliphatic rings. The molecule has 0 heterocycles. The van der Waals surface area contributed by atoms with Crippen molar-refractivity contribution in [3.05, 3.63) is 203 Å². The third kappa shape index (κ3) is 4.55. The predicted octanol–water partition coefficient (Wildman–Crippen LogP) is 16.6. The van der Waals surface area contributed by atoms with Gasteiger partial charge >= 0.3 is 0 Å². The molecule has 10 aromatic carbocycles. The van der Waals surface area contributed by atoms with Gasteiger partial charge in [0.1, 0.15) is 0 Å². The minimum Gasteiger partial charge on any atom is -0.0616 e. The SMILES string of the molecule is CC1(C)c2cc(-c3cc4c(c5ccccc35)-c3c(cc(-c5ccc6c(c5)C(C)(C)c5cc7ccccc7cc5-6)c5ccccc35)C4(C)C)ccc2-c2cc3ccccc3cc21. The van der Waals surface area contributed by atoms with Crippen LogP contribution in [0.5, 0.6) is 0 Å². The van der Waals surface area contributed by atoms with Crippen molar-refractivity contribution in [1.29, 1.82) is 0 Å². The minimum absolute atomic E-state index is 0.105. The Morgan fingerprint density at radius 1 is 0.246 bits per heavy atom. The second-order valence-electron chi connectivity index (χ2n) is 19.7. The van der Waals surface area contributed by atoms with E-state index < -0.39 is 0 Å². The summed E-state index contributed by atoms with van der Waals surface area (Å²) in [6, 6.07) is 65.2. The fraction of sp³-hybridized carbons (Fsp3) is 0.148. The molecule has 0 radical (unpaired) electrons. The topological polar surface area (TPSA) is 0 Å². The van der Waals surface area contributed by atoms with E-state index in [0.717, 1.165) is 0 Å². The highest BCUT2D eigenvalue weighted by Gasteiger charge is 2.41. The summed E-state index contributed by atoms with van der Waals surface area (Å²) >= 11 is 0. The summed E-state index contributed by atoms with van der Waals surface area (Å²) in [5, 5.41) is 10.5. The van der Waals surface area contributed by atoms with Gasteiger partial charge in [0.25, 0.3) is 0 Å². The van der Waals surface area contributed by atoms with E-state index in [4.69, 9.17) is 0 Å². The van der Waals surface area contributed by atoms with Crippen molar-refractivity contribution in [3.8, 4) is 55.6 Å². The molecule has 0 atom stereocenters. The average molecular weight is 779 g/mol. The van der Waals surface area contributed by atoms with Gasteiger partial charge in [0.05, 0.1) is 0 Å². The monoisotopic (exact) mass is 778 g/mol. The van der Waals surface area contributed by atoms with Gasteiger partial charge in [0.2, 0.25) is 0 Å². The van der Waals surface area contributed by atoms with Crippen molar-refractivity contribution < 1.29 is 0 Å². The number of fused-ring (bicyclic) bond motifs is 15. The molecule has 0 heteroatoms. The van der Waals surface area contributed by atoms with Crippen molar-refractivity contribution in [2.75, 3.05) is 0 Å². The van der Waals surface area contributed by atoms with Crippen molar-refractivity contribution >= 4 is 43.1 Å². The van der Waals surface area contributed by atoms with Crippen LogP contribution in [0.15, 0.2) is 170 Å². The average Bonchev–Trinajstić information content (AvgIpc) is 3.75. The molecule has 0 spiro atoms. The lowest BCUT2D eigenvalue weighted by molar-refractivity contribution is 0.660. The minimum atomic E-state index is -0.221. The van der Waals surface area contributed by atoms with Crippen molar-refractivity contribution in [1.82, 2.24) is 0 Å². The first-order valence-electron chi connectivity index (χ1n) is 22.0. The Kier molecular flexibility index (Phi) is 6.74. The van der Waals surface area contributed by atoms with Crippen LogP contribution >= 0.6 is 0 Å². The van der Waals surface area contributed by atoms with E-state index in [1.165, 1.54) is 132 Å². The summed E-state index contributed by atoms with van der Waals surface area (Å²) in [5.74, 6) is 0. The molecular formula is C61H46. The molecule has 0 amide bonds. The molecule has 3 aliphatic carbocycles. The van der Waals surface area contributed by atoms with Crippen LogP contribution in [-0.4, -0.2) is 0 Å². The van der Waals surface area contributed by atoms with Crippen molar-refractivity contribution in [2.45, 2.75) is 57.8 Å². The van der Waals surface area contributed by atoms with Crippen LogP contribution < -0.4 is 0 Å². The highest BCUT2D eigenvalue weighted by Crippen LogP contribution is 2.58. The maximum absolute atomic E-state index is 2.55. The zero-order valence-electron chi connectivity index (χ0n) is 35.7. The van der Waals surface area contributed by atoms with Crippen LogP contribution in [0.3, 0.4) is 0 Å². The fourth-order valence-electron chi connectivity index (χ4n) is 12.1. The summed E-state index contributed by atoms with van der Waals surface area (Å²) in [6.45, 7) is 14.5. The highest BCUT2D eigenvalue weighted by molar-refractivity contribution is 6.17. The van der Waals surface area contributed by atoms with E-state index in [1.807, 2.05) is 0 Å². The molecule has 13 rings (SSSR count). The second kappa shape index (κ2) is 11.7. The Hall–Kier alpha value is -6.76. The van der Waals surface area contributed by atoms with E-state index in [1.54, 1.807) is 0 Å². The van der Waals surface area contributed by atoms with Gasteiger partial charge in [-0.05, 0) is 181 Å². The molecular weight excluding hydrogens is 733 g/mol. The van der Waals surface area contributed by atoms with E-state index in [0.29, 0.717) is 0 Å². The predicted molar refractivity (Wildman–Crippen MR) is 260 cm³/mol. The molecule has 10 aromatic rings. The van der Waals surface area contributed by atoms with Gasteiger partial charge in [-0.25, -0.2) is 0 Å². The molecule has 61 heavy (non-hydrogen) atoms. The molecule has 0 fully saturated rings. The Bertz CT molecular complexity index is 3370. The van der Waals surface area contributed by atoms with Gasteiger partial charge in [-0.3, -0.25) is 0 Å². The van der Waals surface area contributed by atoms with Gasteiger partial charge in [-0.15, -0.1) is 0 Å². The summed E-state index contributed by atoms with van der Waals surface area (Å²) in [7, 11) is 0. The van der Waals surface area contributed by atoms with E-state index >= 15 is 0 Å². The first-order valence-corrected chi connectivity index (χ1v) is 22.0. The summed E-state index contributed by atoms with van der Waals surface area (Å²) < 4.78 is 0. The molecule has 0 saturated heterocycles. The second-order valence-corrected chi connectivity index (χ2v) is 19.7. The molecule has 0 bridgehead atoms. The zero-order chi connectivity index (χ0) is 41.2. The maximum atomic E-state index is 2.55. The smallest absolute Gasteiger partial charge is 0.0159 e. The van der Waals surface area contributed by atoms with E-state index in [9.17, 15) is 0 Å². The van der Waals surface area contributed by atoms with Crippen LogP contribution in [-0.2, 0) is 16.2 Å². The highest BCUT2D eigenvalue weighted by atomic mass is 14.4. The Morgan fingerprint density at radius 3 is 0.984 bits per heavy atom. The van der Waals surface area contributed by atoms with Gasteiger partial charge in [0, 0.05) is 16.2 Å². The molecule has 0 aromatic heterocycles. The van der Waals surface area contributed by atoms with Crippen LogP contribution in [0.25, 0.3) is 98.7 Å². The molecule has 290 valence electrons.